The van der Waals surface area contributed by atoms with Crippen LogP contribution in [0.25, 0.3) is 15.2 Å². The van der Waals surface area contributed by atoms with Gasteiger partial charge in [-0.25, -0.2) is 18.5 Å². The van der Waals surface area contributed by atoms with Crippen molar-refractivity contribution in [3.05, 3.63) is 68.4 Å². The number of hydrogen-bond acceptors (Lipinski definition) is 10. The Hall–Kier alpha value is -3.92. The average Bonchev–Trinajstić information content (AvgIpc) is 3.61. The third kappa shape index (κ3) is 7.01. The zero-order valence-electron chi connectivity index (χ0n) is 26.4. The summed E-state index contributed by atoms with van der Waals surface area (Å²) in [6, 6.07) is 3.81. The van der Waals surface area contributed by atoms with Crippen molar-refractivity contribution in [3.63, 3.8) is 0 Å². The quantitative estimate of drug-likeness (QED) is 0.207. The summed E-state index contributed by atoms with van der Waals surface area (Å²) < 4.78 is 34.5. The first-order valence-corrected chi connectivity index (χ1v) is 15.1. The Morgan fingerprint density at radius 1 is 1.18 bits per heavy atom. The lowest BCUT2D eigenvalue weighted by molar-refractivity contribution is -0.146. The van der Waals surface area contributed by atoms with Crippen LogP contribution in [0.15, 0.2) is 40.2 Å². The molecule has 1 aromatic carbocycles. The maximum absolute atomic E-state index is 14.6. The van der Waals surface area contributed by atoms with Gasteiger partial charge in [-0.1, -0.05) is 11.3 Å². The standard InChI is InChI=1S/C30H39FN6O7S/c1-17(32)16-44-29(3,4)10-13-43-22(20-14-19(31)8-9-21(20)42-7)15-35-26-23(18(2)25(45-26)37-33-11-12-34-37)24(38)36(28(35)41)30(5,6)27(39)40/h8-9,11-12,14,17,22H,10,13,15-16,32H2,1-7H3,(H,39,40)/t17?,22-/m0/s1. The molecular formula is C30H39FN6O7S. The smallest absolute Gasteiger partial charge is 0.333 e. The number of carboxylic acids is 1. The van der Waals surface area contributed by atoms with Gasteiger partial charge < -0.3 is 25.1 Å². The number of halogens is 1. The third-order valence-electron chi connectivity index (χ3n) is 7.52. The van der Waals surface area contributed by atoms with Gasteiger partial charge >= 0.3 is 11.7 Å². The fourth-order valence-corrected chi connectivity index (χ4v) is 6.05. The number of benzene rings is 1. The summed E-state index contributed by atoms with van der Waals surface area (Å²) in [5.41, 5.74) is 2.49. The van der Waals surface area contributed by atoms with E-state index in [2.05, 4.69) is 10.2 Å². The highest BCUT2D eigenvalue weighted by atomic mass is 32.1. The van der Waals surface area contributed by atoms with Crippen molar-refractivity contribution in [2.45, 2.75) is 77.8 Å². The van der Waals surface area contributed by atoms with Crippen LogP contribution in [-0.4, -0.2) is 67.2 Å². The molecule has 0 bridgehead atoms. The van der Waals surface area contributed by atoms with Crippen LogP contribution in [0.3, 0.4) is 0 Å². The average molecular weight is 647 g/mol. The van der Waals surface area contributed by atoms with Crippen molar-refractivity contribution >= 4 is 27.5 Å². The van der Waals surface area contributed by atoms with E-state index >= 15 is 0 Å². The molecule has 0 aliphatic heterocycles. The lowest BCUT2D eigenvalue weighted by atomic mass is 10.0. The van der Waals surface area contributed by atoms with Gasteiger partial charge in [-0.2, -0.15) is 10.2 Å². The van der Waals surface area contributed by atoms with E-state index in [1.165, 1.54) is 60.9 Å². The SMILES string of the molecule is COc1ccc(F)cc1[C@H](Cn1c(=O)n(C(C)(C)C(=O)O)c(=O)c2c(C)c(-n3nccn3)sc21)OCCC(C)(C)OCC(C)N. The molecule has 45 heavy (non-hydrogen) atoms. The predicted octanol–water partition coefficient (Wildman–Crippen LogP) is 3.37. The summed E-state index contributed by atoms with van der Waals surface area (Å²) in [5.74, 6) is -1.60. The summed E-state index contributed by atoms with van der Waals surface area (Å²) in [7, 11) is 1.44. The Morgan fingerprint density at radius 3 is 2.44 bits per heavy atom. The number of carbonyl (C=O) groups is 1. The van der Waals surface area contributed by atoms with Crippen LogP contribution >= 0.6 is 11.3 Å². The predicted molar refractivity (Wildman–Crippen MR) is 167 cm³/mol. The minimum atomic E-state index is -1.91. The van der Waals surface area contributed by atoms with E-state index in [4.69, 9.17) is 19.9 Å². The number of aryl methyl sites for hydroxylation is 1. The van der Waals surface area contributed by atoms with Gasteiger partial charge in [0.2, 0.25) is 0 Å². The van der Waals surface area contributed by atoms with Crippen LogP contribution in [0, 0.1) is 12.7 Å². The molecule has 3 aromatic heterocycles. The van der Waals surface area contributed by atoms with E-state index in [0.717, 1.165) is 15.9 Å². The summed E-state index contributed by atoms with van der Waals surface area (Å²) in [6.45, 7) is 10.1. The Balaban J connectivity index is 1.91. The number of hydrogen-bond donors (Lipinski definition) is 2. The molecule has 1 unspecified atom stereocenters. The van der Waals surface area contributed by atoms with E-state index in [1.807, 2.05) is 20.8 Å². The lowest BCUT2D eigenvalue weighted by Gasteiger charge is -2.29. The molecule has 0 fully saturated rings. The first-order chi connectivity index (χ1) is 21.1. The van der Waals surface area contributed by atoms with Gasteiger partial charge in [0.25, 0.3) is 5.56 Å². The van der Waals surface area contributed by atoms with E-state index < -0.39 is 40.3 Å². The highest BCUT2D eigenvalue weighted by molar-refractivity contribution is 7.21. The first-order valence-electron chi connectivity index (χ1n) is 14.3. The highest BCUT2D eigenvalue weighted by Gasteiger charge is 2.36. The number of thiophene rings is 1. The molecule has 3 heterocycles. The second kappa shape index (κ2) is 13.2. The van der Waals surface area contributed by atoms with E-state index in [9.17, 15) is 23.9 Å². The van der Waals surface area contributed by atoms with E-state index in [-0.39, 0.29) is 29.4 Å². The molecule has 244 valence electrons. The van der Waals surface area contributed by atoms with Gasteiger partial charge in [-0.3, -0.25) is 9.36 Å². The Kier molecular flexibility index (Phi) is 9.97. The van der Waals surface area contributed by atoms with Crippen molar-refractivity contribution in [1.82, 2.24) is 24.1 Å². The number of rotatable bonds is 14. The number of fused-ring (bicyclic) bond motifs is 1. The minimum Gasteiger partial charge on any atom is -0.496 e. The third-order valence-corrected chi connectivity index (χ3v) is 8.80. The van der Waals surface area contributed by atoms with E-state index in [1.54, 1.807) is 6.92 Å². The van der Waals surface area contributed by atoms with Crippen LogP contribution < -0.4 is 21.7 Å². The number of aliphatic carboxylic acids is 1. The molecule has 0 radical (unpaired) electrons. The Labute approximate surface area is 262 Å². The van der Waals surface area contributed by atoms with Gasteiger partial charge in [0, 0.05) is 17.2 Å². The normalized spacial score (nSPS) is 13.7. The van der Waals surface area contributed by atoms with Crippen molar-refractivity contribution in [3.8, 4) is 10.8 Å². The molecule has 0 aliphatic carbocycles. The van der Waals surface area contributed by atoms with Gasteiger partial charge in [0.1, 0.15) is 33.0 Å². The monoisotopic (exact) mass is 646 g/mol. The molecule has 0 amide bonds. The number of aromatic nitrogens is 5. The van der Waals surface area contributed by atoms with Crippen molar-refractivity contribution in [2.24, 2.45) is 5.73 Å². The maximum Gasteiger partial charge on any atom is 0.333 e. The molecule has 0 spiro atoms. The Bertz CT molecular complexity index is 1790. The van der Waals surface area contributed by atoms with Gasteiger partial charge in [0.05, 0.1) is 50.2 Å². The molecule has 4 aromatic rings. The second-order valence-electron chi connectivity index (χ2n) is 12.0. The summed E-state index contributed by atoms with van der Waals surface area (Å²) in [5, 5.41) is 19.0. The number of nitrogens with two attached hydrogens (primary N) is 1. The van der Waals surface area contributed by atoms with Crippen LogP contribution in [0.5, 0.6) is 5.75 Å². The Morgan fingerprint density at radius 2 is 1.84 bits per heavy atom. The molecule has 2 atom stereocenters. The second-order valence-corrected chi connectivity index (χ2v) is 13.0. The van der Waals surface area contributed by atoms with Crippen LogP contribution in [0.2, 0.25) is 0 Å². The number of methoxy groups -OCH3 is 1. The topological polar surface area (TPSA) is 166 Å². The van der Waals surface area contributed by atoms with Crippen LogP contribution in [0.4, 0.5) is 4.39 Å². The summed E-state index contributed by atoms with van der Waals surface area (Å²) in [6.07, 6.45) is 2.41. The number of carboxylic acid groups (broad SMARTS) is 1. The van der Waals surface area contributed by atoms with Gasteiger partial charge in [-0.15, -0.1) is 4.80 Å². The molecular weight excluding hydrogens is 607 g/mol. The molecule has 0 aliphatic rings. The van der Waals surface area contributed by atoms with Crippen molar-refractivity contribution < 1.29 is 28.5 Å². The van der Waals surface area contributed by atoms with Crippen LogP contribution in [0.1, 0.15) is 58.3 Å². The van der Waals surface area contributed by atoms with Gasteiger partial charge in [0.15, 0.2) is 0 Å². The molecule has 15 heteroatoms. The zero-order valence-corrected chi connectivity index (χ0v) is 27.2. The number of nitrogens with zero attached hydrogens (tertiary/aromatic N) is 5. The lowest BCUT2D eigenvalue weighted by Crippen LogP contribution is -2.52. The summed E-state index contributed by atoms with van der Waals surface area (Å²) in [4.78, 5) is 41.9. The highest BCUT2D eigenvalue weighted by Crippen LogP contribution is 2.34. The molecule has 13 nitrogen and oxygen atoms in total. The number of ether oxygens (including phenoxy) is 3. The molecule has 0 saturated carbocycles. The minimum absolute atomic E-state index is 0.136. The van der Waals surface area contributed by atoms with Crippen LogP contribution in [-0.2, 0) is 26.4 Å². The molecule has 3 N–H and O–H groups in total. The summed E-state index contributed by atoms with van der Waals surface area (Å²) >= 11 is 1.10. The first kappa shape index (κ1) is 34.0. The van der Waals surface area contributed by atoms with Crippen molar-refractivity contribution in [1.29, 1.82) is 0 Å². The molecule has 4 rings (SSSR count). The largest absolute Gasteiger partial charge is 0.496 e. The maximum atomic E-state index is 14.6. The molecule has 0 saturated heterocycles. The zero-order chi connectivity index (χ0) is 33.3. The van der Waals surface area contributed by atoms with Crippen molar-refractivity contribution in [2.75, 3.05) is 20.3 Å². The van der Waals surface area contributed by atoms with Gasteiger partial charge in [-0.05, 0) is 66.2 Å². The fourth-order valence-electron chi connectivity index (χ4n) is 4.84. The fraction of sp³-hybridized carbons (Fsp3) is 0.500. The van der Waals surface area contributed by atoms with E-state index in [0.29, 0.717) is 34.9 Å².